The quantitative estimate of drug-likeness (QED) is 0.639. The number of aliphatic carboxylic acids is 1. The number of rotatable bonds is 7. The van der Waals surface area contributed by atoms with Crippen molar-refractivity contribution in [3.05, 3.63) is 0 Å². The van der Waals surface area contributed by atoms with Gasteiger partial charge in [-0.3, -0.25) is 4.79 Å². The van der Waals surface area contributed by atoms with Crippen LogP contribution in [0.4, 0.5) is 0 Å². The fourth-order valence-electron chi connectivity index (χ4n) is 1.45. The van der Waals surface area contributed by atoms with E-state index in [-0.39, 0.29) is 12.5 Å². The Kier molecular flexibility index (Phi) is 6.59. The van der Waals surface area contributed by atoms with Crippen LogP contribution in [0.15, 0.2) is 0 Å². The molecule has 0 unspecified atom stereocenters. The zero-order valence-electron chi connectivity index (χ0n) is 8.62. The van der Waals surface area contributed by atoms with Crippen molar-refractivity contribution in [3.63, 3.8) is 0 Å². The van der Waals surface area contributed by atoms with Crippen LogP contribution in [0.5, 0.6) is 0 Å². The van der Waals surface area contributed by atoms with Gasteiger partial charge in [0.05, 0.1) is 5.92 Å². The lowest BCUT2D eigenvalue weighted by Gasteiger charge is -2.15. The summed E-state index contributed by atoms with van der Waals surface area (Å²) in [4.78, 5) is 10.7. The van der Waals surface area contributed by atoms with Gasteiger partial charge in [-0.05, 0) is 12.3 Å². The van der Waals surface area contributed by atoms with E-state index in [1.54, 1.807) is 0 Å². The Morgan fingerprint density at radius 3 is 2.54 bits per heavy atom. The first-order valence-electron chi connectivity index (χ1n) is 5.04. The van der Waals surface area contributed by atoms with Crippen LogP contribution in [0.2, 0.25) is 0 Å². The topological polar surface area (TPSA) is 63.3 Å². The van der Waals surface area contributed by atoms with E-state index in [2.05, 4.69) is 13.8 Å². The smallest absolute Gasteiger partial charge is 0.307 e. The normalized spacial score (nSPS) is 15.3. The summed E-state index contributed by atoms with van der Waals surface area (Å²) in [6.07, 6.45) is 4.18. The van der Waals surface area contributed by atoms with E-state index < -0.39 is 5.97 Å². The van der Waals surface area contributed by atoms with Gasteiger partial charge in [0.25, 0.3) is 0 Å². The molecule has 0 aliphatic heterocycles. The Morgan fingerprint density at radius 1 is 1.54 bits per heavy atom. The summed E-state index contributed by atoms with van der Waals surface area (Å²) >= 11 is 0. The molecule has 0 saturated heterocycles. The van der Waals surface area contributed by atoms with Gasteiger partial charge in [0, 0.05) is 6.54 Å². The molecule has 2 atom stereocenters. The Labute approximate surface area is 80.3 Å². The average Bonchev–Trinajstić information content (AvgIpc) is 2.10. The maximum absolute atomic E-state index is 10.7. The van der Waals surface area contributed by atoms with Crippen molar-refractivity contribution in [2.45, 2.75) is 39.5 Å². The third-order valence-electron chi connectivity index (χ3n) is 2.37. The highest BCUT2D eigenvalue weighted by atomic mass is 16.4. The molecule has 0 heterocycles. The standard InChI is InChI=1S/C10H21NO2/c1-3-4-5-8(2)6-9(7-11)10(12)13/h8-9H,3-7,11H2,1-2H3,(H,12,13)/t8-,9-/m1/s1. The lowest BCUT2D eigenvalue weighted by molar-refractivity contribution is -0.141. The molecule has 0 radical (unpaired) electrons. The molecule has 0 aromatic heterocycles. The van der Waals surface area contributed by atoms with Crippen molar-refractivity contribution < 1.29 is 9.90 Å². The minimum Gasteiger partial charge on any atom is -0.481 e. The van der Waals surface area contributed by atoms with E-state index in [1.165, 1.54) is 12.8 Å². The second-order valence-corrected chi connectivity index (χ2v) is 3.75. The highest BCUT2D eigenvalue weighted by Gasteiger charge is 2.18. The molecule has 13 heavy (non-hydrogen) atoms. The maximum atomic E-state index is 10.7. The number of carboxylic acids is 1. The van der Waals surface area contributed by atoms with Crippen molar-refractivity contribution in [2.75, 3.05) is 6.54 Å². The van der Waals surface area contributed by atoms with Gasteiger partial charge >= 0.3 is 5.97 Å². The minimum atomic E-state index is -0.758. The van der Waals surface area contributed by atoms with Gasteiger partial charge in [-0.1, -0.05) is 33.1 Å². The number of carboxylic acid groups (broad SMARTS) is 1. The number of unbranched alkanes of at least 4 members (excludes halogenated alkanes) is 1. The van der Waals surface area contributed by atoms with Gasteiger partial charge in [0.1, 0.15) is 0 Å². The van der Waals surface area contributed by atoms with E-state index >= 15 is 0 Å². The number of carbonyl (C=O) groups is 1. The molecular formula is C10H21NO2. The first-order valence-corrected chi connectivity index (χ1v) is 5.04. The van der Waals surface area contributed by atoms with Gasteiger partial charge in [-0.15, -0.1) is 0 Å². The molecule has 0 aliphatic rings. The van der Waals surface area contributed by atoms with Gasteiger partial charge in [-0.25, -0.2) is 0 Å². The summed E-state index contributed by atoms with van der Waals surface area (Å²) in [6.45, 7) is 4.50. The fraction of sp³-hybridized carbons (Fsp3) is 0.900. The molecule has 0 spiro atoms. The van der Waals surface area contributed by atoms with Crippen LogP contribution < -0.4 is 5.73 Å². The summed E-state index contributed by atoms with van der Waals surface area (Å²) < 4.78 is 0. The maximum Gasteiger partial charge on any atom is 0.307 e. The van der Waals surface area contributed by atoms with E-state index in [0.29, 0.717) is 12.3 Å². The van der Waals surface area contributed by atoms with E-state index in [4.69, 9.17) is 10.8 Å². The molecule has 0 rings (SSSR count). The van der Waals surface area contributed by atoms with Gasteiger partial charge in [0.15, 0.2) is 0 Å². The molecule has 3 heteroatoms. The molecular weight excluding hydrogens is 166 g/mol. The first kappa shape index (κ1) is 12.4. The van der Waals surface area contributed by atoms with Crippen LogP contribution in [-0.2, 0) is 4.79 Å². The van der Waals surface area contributed by atoms with Crippen molar-refractivity contribution in [1.82, 2.24) is 0 Å². The minimum absolute atomic E-state index is 0.256. The second-order valence-electron chi connectivity index (χ2n) is 3.75. The molecule has 78 valence electrons. The van der Waals surface area contributed by atoms with Crippen molar-refractivity contribution in [2.24, 2.45) is 17.6 Å². The summed E-state index contributed by atoms with van der Waals surface area (Å²) in [7, 11) is 0. The highest BCUT2D eigenvalue weighted by molar-refractivity contribution is 5.70. The van der Waals surface area contributed by atoms with Crippen molar-refractivity contribution >= 4 is 5.97 Å². The summed E-state index contributed by atoms with van der Waals surface area (Å²) in [5.74, 6) is -0.637. The zero-order chi connectivity index (χ0) is 10.3. The third kappa shape index (κ3) is 5.64. The van der Waals surface area contributed by atoms with Crippen LogP contribution in [0.25, 0.3) is 0 Å². The lowest BCUT2D eigenvalue weighted by Crippen LogP contribution is -2.25. The van der Waals surface area contributed by atoms with Gasteiger partial charge < -0.3 is 10.8 Å². The molecule has 0 saturated carbocycles. The predicted octanol–water partition coefficient (Wildman–Crippen LogP) is 1.86. The molecule has 0 amide bonds. The second kappa shape index (κ2) is 6.89. The number of hydrogen-bond acceptors (Lipinski definition) is 2. The monoisotopic (exact) mass is 187 g/mol. The SMILES string of the molecule is CCCC[C@@H](C)C[C@H](CN)C(=O)O. The van der Waals surface area contributed by atoms with Gasteiger partial charge in [0.2, 0.25) is 0 Å². The Morgan fingerprint density at radius 2 is 2.15 bits per heavy atom. The number of hydrogen-bond donors (Lipinski definition) is 2. The Balaban J connectivity index is 3.73. The summed E-state index contributed by atoms with van der Waals surface area (Å²) in [5.41, 5.74) is 5.37. The molecule has 0 aromatic carbocycles. The summed E-state index contributed by atoms with van der Waals surface area (Å²) in [6, 6.07) is 0. The van der Waals surface area contributed by atoms with Crippen molar-refractivity contribution in [3.8, 4) is 0 Å². The van der Waals surface area contributed by atoms with Crippen LogP contribution in [0.3, 0.4) is 0 Å². The van der Waals surface area contributed by atoms with Crippen LogP contribution >= 0.6 is 0 Å². The Bertz CT molecular complexity index is 148. The van der Waals surface area contributed by atoms with Crippen LogP contribution in [-0.4, -0.2) is 17.6 Å². The van der Waals surface area contributed by atoms with E-state index in [1.807, 2.05) is 0 Å². The molecule has 3 nitrogen and oxygen atoms in total. The molecule has 0 aromatic rings. The van der Waals surface area contributed by atoms with Crippen LogP contribution in [0, 0.1) is 11.8 Å². The lowest BCUT2D eigenvalue weighted by atomic mass is 9.92. The van der Waals surface area contributed by atoms with E-state index in [0.717, 1.165) is 6.42 Å². The molecule has 0 fully saturated rings. The fourth-order valence-corrected chi connectivity index (χ4v) is 1.45. The highest BCUT2D eigenvalue weighted by Crippen LogP contribution is 2.17. The first-order chi connectivity index (χ1) is 6.11. The van der Waals surface area contributed by atoms with Crippen molar-refractivity contribution in [1.29, 1.82) is 0 Å². The van der Waals surface area contributed by atoms with E-state index in [9.17, 15) is 4.79 Å². The number of nitrogens with two attached hydrogens (primary N) is 1. The molecule has 0 aliphatic carbocycles. The third-order valence-corrected chi connectivity index (χ3v) is 2.37. The molecule has 0 bridgehead atoms. The molecule has 3 N–H and O–H groups in total. The van der Waals surface area contributed by atoms with Gasteiger partial charge in [-0.2, -0.15) is 0 Å². The summed E-state index contributed by atoms with van der Waals surface area (Å²) in [5, 5.41) is 8.77. The van der Waals surface area contributed by atoms with Crippen LogP contribution in [0.1, 0.15) is 39.5 Å². The average molecular weight is 187 g/mol. The zero-order valence-corrected chi connectivity index (χ0v) is 8.62. The largest absolute Gasteiger partial charge is 0.481 e. The predicted molar refractivity (Wildman–Crippen MR) is 53.5 cm³/mol. The Hall–Kier alpha value is -0.570.